The summed E-state index contributed by atoms with van der Waals surface area (Å²) in [5.41, 5.74) is 3.18. The Morgan fingerprint density at radius 1 is 0.886 bits per heavy atom. The molecule has 0 spiro atoms. The number of cyclic esters (lactones) is 1. The maximum absolute atomic E-state index is 13.9. The first-order chi connectivity index (χ1) is 17.0. The Balaban J connectivity index is 1.42. The van der Waals surface area contributed by atoms with Gasteiger partial charge in [0.2, 0.25) is 5.91 Å². The van der Waals surface area contributed by atoms with Gasteiger partial charge in [0.25, 0.3) is 0 Å². The molecule has 5 rings (SSSR count). The van der Waals surface area contributed by atoms with E-state index in [1.807, 2.05) is 60.7 Å². The number of halogens is 2. The molecule has 7 heteroatoms. The van der Waals surface area contributed by atoms with Crippen LogP contribution in [0.4, 0.5) is 4.79 Å². The van der Waals surface area contributed by atoms with Crippen molar-refractivity contribution in [1.82, 2.24) is 9.80 Å². The molecule has 0 bridgehead atoms. The van der Waals surface area contributed by atoms with Crippen LogP contribution >= 0.6 is 23.2 Å². The zero-order valence-electron chi connectivity index (χ0n) is 19.1. The second-order valence-electron chi connectivity index (χ2n) is 9.19. The molecule has 2 fully saturated rings. The first kappa shape index (κ1) is 23.9. The van der Waals surface area contributed by atoms with Crippen molar-refractivity contribution in [2.24, 2.45) is 5.92 Å². The van der Waals surface area contributed by atoms with Gasteiger partial charge in [-0.05, 0) is 35.2 Å². The van der Waals surface area contributed by atoms with Crippen LogP contribution in [0.5, 0.6) is 0 Å². The van der Waals surface area contributed by atoms with Crippen LogP contribution in [0.3, 0.4) is 0 Å². The molecule has 0 unspecified atom stereocenters. The normalized spacial score (nSPS) is 22.4. The van der Waals surface area contributed by atoms with Gasteiger partial charge in [0.1, 0.15) is 6.61 Å². The number of benzene rings is 3. The zero-order chi connectivity index (χ0) is 24.4. The molecule has 35 heavy (non-hydrogen) atoms. The predicted molar refractivity (Wildman–Crippen MR) is 137 cm³/mol. The lowest BCUT2D eigenvalue weighted by Gasteiger charge is -2.26. The van der Waals surface area contributed by atoms with E-state index in [2.05, 4.69) is 17.0 Å². The van der Waals surface area contributed by atoms with Gasteiger partial charge in [-0.2, -0.15) is 0 Å². The number of rotatable bonds is 6. The first-order valence-corrected chi connectivity index (χ1v) is 12.5. The molecule has 2 amide bonds. The summed E-state index contributed by atoms with van der Waals surface area (Å²) in [4.78, 5) is 30.3. The average Bonchev–Trinajstić information content (AvgIpc) is 3.45. The smallest absolute Gasteiger partial charge is 0.416 e. The number of hydrogen-bond donors (Lipinski definition) is 0. The van der Waals surface area contributed by atoms with Crippen molar-refractivity contribution in [3.8, 4) is 0 Å². The molecule has 0 saturated carbocycles. The van der Waals surface area contributed by atoms with Crippen LogP contribution in [0.2, 0.25) is 10.0 Å². The van der Waals surface area contributed by atoms with E-state index in [1.165, 1.54) is 10.5 Å². The molecule has 0 N–H and O–H groups in total. The van der Waals surface area contributed by atoms with Gasteiger partial charge in [0.05, 0.1) is 22.0 Å². The van der Waals surface area contributed by atoms with Crippen LogP contribution in [0.1, 0.15) is 22.6 Å². The Morgan fingerprint density at radius 2 is 1.57 bits per heavy atom. The van der Waals surface area contributed by atoms with Crippen molar-refractivity contribution in [2.75, 3.05) is 19.7 Å². The van der Waals surface area contributed by atoms with Crippen molar-refractivity contribution in [2.45, 2.75) is 24.9 Å². The van der Waals surface area contributed by atoms with Gasteiger partial charge in [-0.3, -0.25) is 9.69 Å². The van der Waals surface area contributed by atoms with Crippen LogP contribution in [-0.2, 0) is 22.5 Å². The standard InChI is InChI=1S/C28H26Cl2N2O3/c29-25-12-11-21(14-26(25)30)23-16-31(15-20-9-5-2-6-10-20)17-24(23)27(33)32-22(18-35-28(32)34)13-19-7-3-1-4-8-19/h1-12,14,22-24H,13,15-18H2/t22-,23-,24+/m0/s1. The summed E-state index contributed by atoms with van der Waals surface area (Å²) in [5.74, 6) is -0.716. The minimum absolute atomic E-state index is 0.119. The molecule has 2 saturated heterocycles. The highest BCUT2D eigenvalue weighted by Crippen LogP contribution is 2.38. The zero-order valence-corrected chi connectivity index (χ0v) is 20.7. The van der Waals surface area contributed by atoms with E-state index in [1.54, 1.807) is 6.07 Å². The highest BCUT2D eigenvalue weighted by Gasteiger charge is 2.46. The summed E-state index contributed by atoms with van der Waals surface area (Å²) in [6.07, 6.45) is 0.00117. The van der Waals surface area contributed by atoms with E-state index in [-0.39, 0.29) is 24.5 Å². The number of nitrogens with zero attached hydrogens (tertiary/aromatic N) is 2. The molecule has 0 aromatic heterocycles. The van der Waals surface area contributed by atoms with Crippen molar-refractivity contribution in [3.05, 3.63) is 106 Å². The van der Waals surface area contributed by atoms with E-state index >= 15 is 0 Å². The number of carbonyl (C=O) groups is 2. The fourth-order valence-electron chi connectivity index (χ4n) is 5.13. The summed E-state index contributed by atoms with van der Waals surface area (Å²) < 4.78 is 5.34. The maximum atomic E-state index is 13.9. The van der Waals surface area contributed by atoms with Crippen LogP contribution < -0.4 is 0 Å². The quantitative estimate of drug-likeness (QED) is 0.422. The minimum Gasteiger partial charge on any atom is -0.447 e. The van der Waals surface area contributed by atoms with Gasteiger partial charge in [-0.15, -0.1) is 0 Å². The van der Waals surface area contributed by atoms with Gasteiger partial charge in [-0.1, -0.05) is 89.9 Å². The predicted octanol–water partition coefficient (Wildman–Crippen LogP) is 5.80. The Hall–Kier alpha value is -2.86. The van der Waals surface area contributed by atoms with Gasteiger partial charge in [0.15, 0.2) is 0 Å². The molecule has 2 aliphatic heterocycles. The summed E-state index contributed by atoms with van der Waals surface area (Å²) in [6, 6.07) is 25.2. The molecule has 5 nitrogen and oxygen atoms in total. The SMILES string of the molecule is O=C1OC[C@H](Cc2ccccc2)N1C(=O)[C@@H]1CN(Cc2ccccc2)C[C@H]1c1ccc(Cl)c(Cl)c1. The summed E-state index contributed by atoms with van der Waals surface area (Å²) in [5, 5.41) is 0.933. The van der Waals surface area contributed by atoms with Crippen LogP contribution in [0.15, 0.2) is 78.9 Å². The lowest BCUT2D eigenvalue weighted by molar-refractivity contribution is -0.133. The third kappa shape index (κ3) is 5.22. The van der Waals surface area contributed by atoms with Crippen LogP contribution in [-0.4, -0.2) is 47.5 Å². The van der Waals surface area contributed by atoms with Crippen molar-refractivity contribution < 1.29 is 14.3 Å². The molecule has 0 radical (unpaired) electrons. The molecule has 2 heterocycles. The molecular weight excluding hydrogens is 483 g/mol. The number of carbonyl (C=O) groups excluding carboxylic acids is 2. The maximum Gasteiger partial charge on any atom is 0.416 e. The number of hydrogen-bond acceptors (Lipinski definition) is 4. The molecule has 3 aromatic carbocycles. The van der Waals surface area contributed by atoms with Gasteiger partial charge < -0.3 is 4.74 Å². The number of ether oxygens (including phenoxy) is 1. The lowest BCUT2D eigenvalue weighted by atomic mass is 9.87. The number of likely N-dealkylation sites (tertiary alicyclic amines) is 1. The van der Waals surface area contributed by atoms with Crippen LogP contribution in [0.25, 0.3) is 0 Å². The average molecular weight is 509 g/mol. The number of amides is 2. The Kier molecular flexibility index (Phi) is 7.09. The first-order valence-electron chi connectivity index (χ1n) is 11.7. The van der Waals surface area contributed by atoms with E-state index in [0.29, 0.717) is 29.6 Å². The van der Waals surface area contributed by atoms with Crippen LogP contribution in [0, 0.1) is 5.92 Å². The minimum atomic E-state index is -0.565. The van der Waals surface area contributed by atoms with Crippen molar-refractivity contribution in [1.29, 1.82) is 0 Å². The molecule has 3 atom stereocenters. The highest BCUT2D eigenvalue weighted by atomic mass is 35.5. The van der Waals surface area contributed by atoms with Gasteiger partial charge in [-0.25, -0.2) is 9.69 Å². The third-order valence-electron chi connectivity index (χ3n) is 6.85. The fourth-order valence-corrected chi connectivity index (χ4v) is 5.44. The van der Waals surface area contributed by atoms with Crippen molar-refractivity contribution >= 4 is 35.2 Å². The highest BCUT2D eigenvalue weighted by molar-refractivity contribution is 6.42. The second kappa shape index (κ2) is 10.4. The molecule has 0 aliphatic carbocycles. The molecular formula is C28H26Cl2N2O3. The second-order valence-corrected chi connectivity index (χ2v) is 10.0. The largest absolute Gasteiger partial charge is 0.447 e. The van der Waals surface area contributed by atoms with E-state index < -0.39 is 12.0 Å². The van der Waals surface area contributed by atoms with Crippen molar-refractivity contribution in [3.63, 3.8) is 0 Å². The molecule has 180 valence electrons. The Labute approximate surface area is 215 Å². The lowest BCUT2D eigenvalue weighted by Crippen LogP contribution is -2.45. The summed E-state index contributed by atoms with van der Waals surface area (Å²) in [7, 11) is 0. The molecule has 2 aliphatic rings. The van der Waals surface area contributed by atoms with E-state index in [9.17, 15) is 9.59 Å². The third-order valence-corrected chi connectivity index (χ3v) is 7.59. The Morgan fingerprint density at radius 3 is 2.26 bits per heavy atom. The summed E-state index contributed by atoms with van der Waals surface area (Å²) >= 11 is 12.5. The van der Waals surface area contributed by atoms with Gasteiger partial charge >= 0.3 is 6.09 Å². The molecule has 3 aromatic rings. The Bertz CT molecular complexity index is 1210. The fraction of sp³-hybridized carbons (Fsp3) is 0.286. The topological polar surface area (TPSA) is 49.9 Å². The van der Waals surface area contributed by atoms with E-state index in [0.717, 1.165) is 17.7 Å². The van der Waals surface area contributed by atoms with E-state index in [4.69, 9.17) is 27.9 Å². The summed E-state index contributed by atoms with van der Waals surface area (Å²) in [6.45, 7) is 2.15. The number of imide groups is 1. The monoisotopic (exact) mass is 508 g/mol. The van der Waals surface area contributed by atoms with Gasteiger partial charge in [0, 0.05) is 25.6 Å².